The minimum absolute atomic E-state index is 0. The molecule has 1 atom stereocenters. The van der Waals surface area contributed by atoms with Gasteiger partial charge in [0.05, 0.1) is 7.11 Å². The van der Waals surface area contributed by atoms with Gasteiger partial charge in [0.1, 0.15) is 0 Å². The Labute approximate surface area is 133 Å². The van der Waals surface area contributed by atoms with Gasteiger partial charge in [-0.3, -0.25) is 4.79 Å². The summed E-state index contributed by atoms with van der Waals surface area (Å²) in [5.74, 6) is 0.378. The van der Waals surface area contributed by atoms with Gasteiger partial charge in [0.25, 0.3) is 5.91 Å². The average molecular weight is 332 g/mol. The summed E-state index contributed by atoms with van der Waals surface area (Å²) in [5.41, 5.74) is 1.50. The molecule has 0 radical (unpaired) electrons. The number of rotatable bonds is 1. The number of phenolic OH excluding ortho intramolecular Hbond substituents is 1. The van der Waals surface area contributed by atoms with E-state index in [2.05, 4.69) is 5.32 Å². The van der Waals surface area contributed by atoms with Crippen LogP contribution in [0.15, 0.2) is 12.1 Å². The SMILES string of the molecule is COc1cc2c(cc1O)[N-]CC1CC3(CC3)CN1C2=O.[Ni]. The molecular formula is C15H17N2NiO3-. The molecule has 2 heterocycles. The van der Waals surface area contributed by atoms with Gasteiger partial charge in [-0.2, -0.15) is 0 Å². The van der Waals surface area contributed by atoms with Gasteiger partial charge >= 0.3 is 0 Å². The summed E-state index contributed by atoms with van der Waals surface area (Å²) in [6, 6.07) is 3.35. The van der Waals surface area contributed by atoms with Gasteiger partial charge in [-0.15, -0.1) is 12.2 Å². The van der Waals surface area contributed by atoms with Crippen LogP contribution in [0, 0.1) is 5.41 Å². The van der Waals surface area contributed by atoms with Crippen molar-refractivity contribution in [2.45, 2.75) is 25.3 Å². The fourth-order valence-electron chi connectivity index (χ4n) is 3.49. The molecule has 1 aliphatic carbocycles. The van der Waals surface area contributed by atoms with Crippen molar-refractivity contribution in [3.05, 3.63) is 23.0 Å². The topological polar surface area (TPSA) is 63.9 Å². The Morgan fingerprint density at radius 2 is 2.19 bits per heavy atom. The van der Waals surface area contributed by atoms with Crippen molar-refractivity contribution < 1.29 is 31.1 Å². The number of nitrogens with zero attached hydrogens (tertiary/aromatic N) is 2. The van der Waals surface area contributed by atoms with Crippen LogP contribution in [0.5, 0.6) is 11.5 Å². The Hall–Kier alpha value is -1.42. The van der Waals surface area contributed by atoms with E-state index in [0.717, 1.165) is 13.0 Å². The monoisotopic (exact) mass is 331 g/mol. The molecule has 21 heavy (non-hydrogen) atoms. The molecule has 2 fully saturated rings. The molecule has 0 aromatic heterocycles. The van der Waals surface area contributed by atoms with Crippen LogP contribution in [0.2, 0.25) is 0 Å². The van der Waals surface area contributed by atoms with Crippen LogP contribution in [0.25, 0.3) is 5.32 Å². The van der Waals surface area contributed by atoms with Gasteiger partial charge in [-0.1, -0.05) is 0 Å². The van der Waals surface area contributed by atoms with Crippen molar-refractivity contribution in [3.8, 4) is 11.5 Å². The first-order chi connectivity index (χ1) is 9.62. The molecule has 1 unspecified atom stereocenters. The molecule has 0 bridgehead atoms. The van der Waals surface area contributed by atoms with Crippen molar-refractivity contribution >= 4 is 11.6 Å². The van der Waals surface area contributed by atoms with Gasteiger partial charge in [-0.05, 0) is 36.8 Å². The largest absolute Gasteiger partial charge is 0.682 e. The minimum atomic E-state index is 0. The number of phenols is 1. The van der Waals surface area contributed by atoms with Gasteiger partial charge in [0.2, 0.25) is 0 Å². The third-order valence-electron chi connectivity index (χ3n) is 4.83. The maximum absolute atomic E-state index is 12.7. The number of fused-ring (bicyclic) bond motifs is 2. The summed E-state index contributed by atoms with van der Waals surface area (Å²) in [6.07, 6.45) is 3.54. The zero-order valence-electron chi connectivity index (χ0n) is 11.7. The van der Waals surface area contributed by atoms with Crippen LogP contribution in [0.3, 0.4) is 0 Å². The molecule has 1 aromatic rings. The van der Waals surface area contributed by atoms with E-state index in [1.165, 1.54) is 26.0 Å². The summed E-state index contributed by atoms with van der Waals surface area (Å²) < 4.78 is 5.10. The predicted octanol–water partition coefficient (Wildman–Crippen LogP) is 2.41. The third-order valence-corrected chi connectivity index (χ3v) is 4.83. The van der Waals surface area contributed by atoms with Crippen LogP contribution >= 0.6 is 0 Å². The van der Waals surface area contributed by atoms with E-state index in [-0.39, 0.29) is 34.2 Å². The molecule has 116 valence electrons. The first kappa shape index (κ1) is 14.5. The number of hydrogen-bond donors (Lipinski definition) is 1. The van der Waals surface area contributed by atoms with Gasteiger partial charge in [0, 0.05) is 34.6 Å². The molecule has 1 saturated heterocycles. The number of amides is 1. The van der Waals surface area contributed by atoms with E-state index in [9.17, 15) is 9.90 Å². The first-order valence-electron chi connectivity index (χ1n) is 7.01. The Bertz CT molecular complexity index is 601. The molecule has 3 aliphatic rings. The number of ether oxygens (including phenoxy) is 1. The van der Waals surface area contributed by atoms with Crippen molar-refractivity contribution in [2.24, 2.45) is 5.41 Å². The second-order valence-electron chi connectivity index (χ2n) is 6.17. The van der Waals surface area contributed by atoms with Crippen molar-refractivity contribution in [3.63, 3.8) is 0 Å². The molecule has 2 aliphatic heterocycles. The fourth-order valence-corrected chi connectivity index (χ4v) is 3.49. The van der Waals surface area contributed by atoms with Crippen molar-refractivity contribution in [1.82, 2.24) is 4.90 Å². The number of aromatic hydroxyl groups is 1. The van der Waals surface area contributed by atoms with Crippen molar-refractivity contribution in [2.75, 3.05) is 20.2 Å². The zero-order valence-corrected chi connectivity index (χ0v) is 12.7. The van der Waals surface area contributed by atoms with E-state index in [1.54, 1.807) is 6.07 Å². The molecule has 1 saturated carbocycles. The van der Waals surface area contributed by atoms with Crippen LogP contribution < -0.4 is 4.74 Å². The van der Waals surface area contributed by atoms with Crippen LogP contribution in [-0.4, -0.2) is 42.2 Å². The Balaban J connectivity index is 0.00000132. The predicted molar refractivity (Wildman–Crippen MR) is 73.7 cm³/mol. The van der Waals surface area contributed by atoms with Crippen LogP contribution in [0.4, 0.5) is 5.69 Å². The van der Waals surface area contributed by atoms with Gasteiger partial charge < -0.3 is 20.1 Å². The van der Waals surface area contributed by atoms with Crippen molar-refractivity contribution in [1.29, 1.82) is 0 Å². The maximum atomic E-state index is 12.7. The van der Waals surface area contributed by atoms with E-state index < -0.39 is 0 Å². The van der Waals surface area contributed by atoms with Gasteiger partial charge in [-0.25, -0.2) is 0 Å². The molecule has 1 N–H and O–H groups in total. The Morgan fingerprint density at radius 1 is 1.43 bits per heavy atom. The fraction of sp³-hybridized carbons (Fsp3) is 0.533. The first-order valence-corrected chi connectivity index (χ1v) is 7.01. The maximum Gasteiger partial charge on any atom is 0.252 e. The summed E-state index contributed by atoms with van der Waals surface area (Å²) in [5, 5.41) is 14.4. The Morgan fingerprint density at radius 3 is 2.86 bits per heavy atom. The molecule has 1 aromatic carbocycles. The summed E-state index contributed by atoms with van der Waals surface area (Å²) in [7, 11) is 1.48. The van der Waals surface area contributed by atoms with Crippen LogP contribution in [-0.2, 0) is 16.5 Å². The molecule has 4 rings (SSSR count). The third kappa shape index (κ3) is 2.17. The van der Waals surface area contributed by atoms with E-state index >= 15 is 0 Å². The average Bonchev–Trinajstić information content (AvgIpc) is 3.10. The standard InChI is InChI=1S/C15H18N2O3.Ni/c1-20-13-4-10-11(5-12(13)18)16-7-9-6-15(2-3-15)8-17(9)14(10)19;/h4-5,9H,2-3,6-8H2,1H3,(H2,16,18,19);/p-1. The minimum Gasteiger partial charge on any atom is -0.682 e. The number of methoxy groups -OCH3 is 1. The molecular weight excluding hydrogens is 315 g/mol. The van der Waals surface area contributed by atoms with Gasteiger partial charge in [0.15, 0.2) is 11.5 Å². The molecule has 6 heteroatoms. The number of carbonyl (C=O) groups excluding carboxylic acids is 1. The quantitative estimate of drug-likeness (QED) is 0.804. The second-order valence-corrected chi connectivity index (χ2v) is 6.17. The Kier molecular flexibility index (Phi) is 3.32. The molecule has 1 spiro atoms. The number of benzene rings is 1. The smallest absolute Gasteiger partial charge is 0.252 e. The molecule has 5 nitrogen and oxygen atoms in total. The number of hydrogen-bond acceptors (Lipinski definition) is 3. The van der Waals surface area contributed by atoms with E-state index in [4.69, 9.17) is 4.74 Å². The number of carbonyl (C=O) groups is 1. The summed E-state index contributed by atoms with van der Waals surface area (Å²) >= 11 is 0. The van der Waals surface area contributed by atoms with E-state index in [1.807, 2.05) is 4.90 Å². The summed E-state index contributed by atoms with van der Waals surface area (Å²) in [6.45, 7) is 1.49. The molecule has 1 amide bonds. The summed E-state index contributed by atoms with van der Waals surface area (Å²) in [4.78, 5) is 14.7. The van der Waals surface area contributed by atoms with Crippen LogP contribution in [0.1, 0.15) is 29.6 Å². The normalized spacial score (nSPS) is 24.5. The second kappa shape index (κ2) is 4.80. The zero-order chi connectivity index (χ0) is 13.9. The van der Waals surface area contributed by atoms with E-state index in [0.29, 0.717) is 29.0 Å².